The fourth-order valence-corrected chi connectivity index (χ4v) is 6.99. The van der Waals surface area contributed by atoms with Crippen molar-refractivity contribution in [2.24, 2.45) is 7.05 Å². The monoisotopic (exact) mass is 517 g/mol. The van der Waals surface area contributed by atoms with Crippen molar-refractivity contribution in [3.05, 3.63) is 83.2 Å². The number of benzene rings is 3. The predicted molar refractivity (Wildman–Crippen MR) is 154 cm³/mol. The fourth-order valence-electron chi connectivity index (χ4n) is 4.28. The van der Waals surface area contributed by atoms with Gasteiger partial charge in [-0.2, -0.15) is 4.57 Å². The Morgan fingerprint density at radius 3 is 2.46 bits per heavy atom. The maximum Gasteiger partial charge on any atom is 0.262 e. The first kappa shape index (κ1) is 24.0. The lowest BCUT2D eigenvalue weighted by atomic mass is 10.0. The highest BCUT2D eigenvalue weighted by molar-refractivity contribution is 8.01. The summed E-state index contributed by atoms with van der Waals surface area (Å²) in [5, 5.41) is 1.24. The lowest BCUT2D eigenvalue weighted by molar-refractivity contribution is -0.642. The van der Waals surface area contributed by atoms with Crippen LogP contribution in [0, 0.1) is 0 Å². The summed E-state index contributed by atoms with van der Waals surface area (Å²) in [5.74, 6) is 1.76. The van der Waals surface area contributed by atoms with Crippen molar-refractivity contribution in [1.29, 1.82) is 0 Å². The van der Waals surface area contributed by atoms with E-state index in [1.807, 2.05) is 40.9 Å². The largest absolute Gasteiger partial charge is 0.439 e. The number of anilines is 1. The summed E-state index contributed by atoms with van der Waals surface area (Å²) in [4.78, 5) is 4.82. The van der Waals surface area contributed by atoms with Gasteiger partial charge in [-0.05, 0) is 53.8 Å². The minimum atomic E-state index is 0.858. The van der Waals surface area contributed by atoms with Gasteiger partial charge < -0.3 is 9.64 Å². The molecule has 3 nitrogen and oxygen atoms in total. The molecule has 5 rings (SSSR count). The number of thioether (sulfide) groups is 2. The summed E-state index contributed by atoms with van der Waals surface area (Å²) in [6.45, 7) is 2.20. The summed E-state index contributed by atoms with van der Waals surface area (Å²) in [6.07, 6.45) is 9.69. The third-order valence-corrected chi connectivity index (χ3v) is 9.20. The molecule has 6 heteroatoms. The van der Waals surface area contributed by atoms with E-state index in [0.717, 1.165) is 23.7 Å². The molecule has 0 saturated carbocycles. The van der Waals surface area contributed by atoms with Crippen molar-refractivity contribution in [3.8, 4) is 16.9 Å². The van der Waals surface area contributed by atoms with Crippen LogP contribution in [0.4, 0.5) is 5.69 Å². The number of fused-ring (bicyclic) bond motifs is 2. The van der Waals surface area contributed by atoms with Gasteiger partial charge in [-0.15, -0.1) is 23.5 Å². The molecule has 3 aromatic carbocycles. The Hall–Kier alpha value is -2.67. The van der Waals surface area contributed by atoms with Gasteiger partial charge in [0, 0.05) is 35.1 Å². The highest BCUT2D eigenvalue weighted by atomic mass is 32.2. The number of thiazole rings is 1. The second kappa shape index (κ2) is 10.1. The molecule has 0 amide bonds. The van der Waals surface area contributed by atoms with Crippen LogP contribution < -0.4 is 14.2 Å². The number of hydrogen-bond acceptors (Lipinski definition) is 5. The maximum atomic E-state index is 6.27. The van der Waals surface area contributed by atoms with Gasteiger partial charge in [0.2, 0.25) is 11.4 Å². The molecular weight excluding hydrogens is 489 g/mol. The van der Waals surface area contributed by atoms with Crippen LogP contribution in [0.5, 0.6) is 5.75 Å². The lowest BCUT2D eigenvalue weighted by Crippen LogP contribution is -2.29. The molecule has 0 saturated heterocycles. The molecule has 0 N–H and O–H groups in total. The molecule has 4 aromatic rings. The quantitative estimate of drug-likeness (QED) is 0.190. The molecule has 178 valence electrons. The highest BCUT2D eigenvalue weighted by Crippen LogP contribution is 2.41. The molecule has 1 aliphatic rings. The summed E-state index contributed by atoms with van der Waals surface area (Å²) >= 11 is 5.46. The third kappa shape index (κ3) is 4.63. The van der Waals surface area contributed by atoms with E-state index in [1.54, 1.807) is 0 Å². The van der Waals surface area contributed by atoms with E-state index in [1.165, 1.54) is 41.7 Å². The molecule has 0 bridgehead atoms. The Morgan fingerprint density at radius 2 is 1.74 bits per heavy atom. The van der Waals surface area contributed by atoms with Gasteiger partial charge in [0.15, 0.2) is 5.75 Å². The number of rotatable bonds is 6. The van der Waals surface area contributed by atoms with E-state index in [0.29, 0.717) is 0 Å². The van der Waals surface area contributed by atoms with Crippen molar-refractivity contribution in [3.63, 3.8) is 0 Å². The van der Waals surface area contributed by atoms with Gasteiger partial charge >= 0.3 is 0 Å². The standard InChI is InChI=1S/C29H29N2OS3/c1-6-19(15-29-31(3)23-17-26(33-4)27(34-5)18-25(23)35-29)14-28-30(2)22-16-21(12-13-24(22)32-28)20-10-8-7-9-11-20/h7-18H,6H2,1-5H3/q+1. The molecule has 35 heavy (non-hydrogen) atoms. The maximum absolute atomic E-state index is 6.27. The van der Waals surface area contributed by atoms with Crippen molar-refractivity contribution in [2.75, 3.05) is 24.5 Å². The van der Waals surface area contributed by atoms with E-state index < -0.39 is 0 Å². The first-order valence-corrected chi connectivity index (χ1v) is 14.9. The average molecular weight is 518 g/mol. The molecule has 0 spiro atoms. The van der Waals surface area contributed by atoms with Crippen molar-refractivity contribution in [1.82, 2.24) is 0 Å². The molecule has 0 unspecified atom stereocenters. The van der Waals surface area contributed by atoms with E-state index >= 15 is 0 Å². The molecule has 0 aliphatic carbocycles. The molecule has 0 radical (unpaired) electrons. The van der Waals surface area contributed by atoms with Gasteiger partial charge in [0.25, 0.3) is 5.01 Å². The number of aryl methyl sites for hydroxylation is 1. The zero-order chi connectivity index (χ0) is 24.5. The van der Waals surface area contributed by atoms with Crippen LogP contribution in [0.3, 0.4) is 0 Å². The van der Waals surface area contributed by atoms with E-state index in [2.05, 4.69) is 110 Å². The van der Waals surface area contributed by atoms with Crippen LogP contribution in [0.1, 0.15) is 18.4 Å². The summed E-state index contributed by atoms with van der Waals surface area (Å²) in [6, 6.07) is 21.5. The zero-order valence-corrected chi connectivity index (χ0v) is 23.1. The third-order valence-electron chi connectivity index (χ3n) is 6.37. The summed E-state index contributed by atoms with van der Waals surface area (Å²) in [7, 11) is 4.24. The Morgan fingerprint density at radius 1 is 1.00 bits per heavy atom. The van der Waals surface area contributed by atoms with Crippen LogP contribution in [0.2, 0.25) is 0 Å². The van der Waals surface area contributed by atoms with Crippen molar-refractivity contribution in [2.45, 2.75) is 23.1 Å². The molecule has 0 fully saturated rings. The molecule has 1 aliphatic heterocycles. The number of allylic oxidation sites excluding steroid dienone is 2. The minimum absolute atomic E-state index is 0.858. The van der Waals surface area contributed by atoms with Gasteiger partial charge in [0.1, 0.15) is 11.7 Å². The summed E-state index contributed by atoms with van der Waals surface area (Å²) in [5.41, 5.74) is 6.01. The molecule has 0 atom stereocenters. The number of nitrogens with zero attached hydrogens (tertiary/aromatic N) is 2. The van der Waals surface area contributed by atoms with E-state index in [4.69, 9.17) is 4.74 Å². The van der Waals surface area contributed by atoms with Crippen LogP contribution in [0.25, 0.3) is 27.4 Å². The smallest absolute Gasteiger partial charge is 0.262 e. The number of hydrogen-bond donors (Lipinski definition) is 0. The first-order valence-electron chi connectivity index (χ1n) is 11.6. The van der Waals surface area contributed by atoms with Gasteiger partial charge in [-0.25, -0.2) is 0 Å². The summed E-state index contributed by atoms with van der Waals surface area (Å²) < 4.78 is 9.89. The minimum Gasteiger partial charge on any atom is -0.439 e. The second-order valence-electron chi connectivity index (χ2n) is 8.44. The predicted octanol–water partition coefficient (Wildman–Crippen LogP) is 8.00. The molecule has 2 heterocycles. The second-order valence-corrected chi connectivity index (χ2v) is 11.2. The molecular formula is C29H29N2OS3+. The number of aromatic nitrogens is 1. The van der Waals surface area contributed by atoms with Crippen LogP contribution in [-0.4, -0.2) is 19.6 Å². The Labute approximate surface area is 220 Å². The Balaban J connectivity index is 1.48. The zero-order valence-electron chi connectivity index (χ0n) is 20.7. The van der Waals surface area contributed by atoms with Gasteiger partial charge in [0.05, 0.1) is 5.69 Å². The van der Waals surface area contributed by atoms with Gasteiger partial charge in [-0.3, -0.25) is 0 Å². The average Bonchev–Trinajstić information content (AvgIpc) is 3.37. The van der Waals surface area contributed by atoms with Crippen LogP contribution in [0.15, 0.2) is 88.0 Å². The highest BCUT2D eigenvalue weighted by Gasteiger charge is 2.24. The number of ether oxygens (including phenoxy) is 1. The van der Waals surface area contributed by atoms with Crippen LogP contribution in [-0.2, 0) is 7.05 Å². The molecule has 1 aromatic heterocycles. The van der Waals surface area contributed by atoms with E-state index in [9.17, 15) is 0 Å². The van der Waals surface area contributed by atoms with Crippen LogP contribution >= 0.6 is 34.9 Å². The van der Waals surface area contributed by atoms with Crippen molar-refractivity contribution < 1.29 is 9.30 Å². The van der Waals surface area contributed by atoms with E-state index in [-0.39, 0.29) is 0 Å². The van der Waals surface area contributed by atoms with Gasteiger partial charge in [-0.1, -0.05) is 54.7 Å². The fraction of sp³-hybridized carbons (Fsp3) is 0.207. The lowest BCUT2D eigenvalue weighted by Gasteiger charge is -2.12. The normalized spacial score (nSPS) is 14.6. The Kier molecular flexibility index (Phi) is 6.96. The first-order chi connectivity index (χ1) is 17.0. The Bertz CT molecular complexity index is 1450. The van der Waals surface area contributed by atoms with Crippen molar-refractivity contribution >= 4 is 56.8 Å². The topological polar surface area (TPSA) is 16.4 Å². The SMILES string of the molecule is CCC(=Cc1sc2cc(SC)c(SC)cc2[n+]1C)C=C1Oc2ccc(-c3ccccc3)cc2N1C.